The molecule has 0 spiro atoms. The molecule has 0 aliphatic rings. The van der Waals surface area contributed by atoms with Gasteiger partial charge in [-0.05, 0) is 32.3 Å². The summed E-state index contributed by atoms with van der Waals surface area (Å²) in [5.74, 6) is 0.132. The summed E-state index contributed by atoms with van der Waals surface area (Å²) in [6.45, 7) is 3.94. The Labute approximate surface area is 127 Å². The van der Waals surface area contributed by atoms with Gasteiger partial charge in [-0.3, -0.25) is 9.59 Å². The predicted molar refractivity (Wildman–Crippen MR) is 84.2 cm³/mol. The minimum atomic E-state index is -0.108. The number of ketones is 1. The maximum Gasteiger partial charge on any atom is 0.305 e. The van der Waals surface area contributed by atoms with E-state index in [1.165, 1.54) is 0 Å². The van der Waals surface area contributed by atoms with Crippen LogP contribution in [0.1, 0.15) is 63.9 Å². The van der Waals surface area contributed by atoms with Crippen LogP contribution in [0, 0.1) is 0 Å². The van der Waals surface area contributed by atoms with E-state index < -0.39 is 0 Å². The van der Waals surface area contributed by atoms with Gasteiger partial charge in [-0.2, -0.15) is 0 Å². The standard InChI is InChI=1S/C18H26O3/c1-3-21-18(20)14-10-5-4-9-13-17(15(2)19)16-11-7-6-8-12-16/h6-8,11-12,17H,3-5,9-10,13-14H2,1-2H3. The molecule has 0 aliphatic heterocycles. The first kappa shape index (κ1) is 17.4. The lowest BCUT2D eigenvalue weighted by Gasteiger charge is -2.14. The van der Waals surface area contributed by atoms with Crippen LogP contribution < -0.4 is 0 Å². The molecule has 1 unspecified atom stereocenters. The lowest BCUT2D eigenvalue weighted by atomic mass is 9.90. The van der Waals surface area contributed by atoms with Crippen LogP contribution in [0.25, 0.3) is 0 Å². The normalized spacial score (nSPS) is 11.9. The van der Waals surface area contributed by atoms with E-state index in [1.807, 2.05) is 37.3 Å². The molecule has 116 valence electrons. The molecule has 0 amide bonds. The molecule has 0 saturated carbocycles. The van der Waals surface area contributed by atoms with Crippen molar-refractivity contribution in [1.29, 1.82) is 0 Å². The number of esters is 1. The molecule has 1 atom stereocenters. The van der Waals surface area contributed by atoms with Crippen LogP contribution in [-0.4, -0.2) is 18.4 Å². The lowest BCUT2D eigenvalue weighted by molar-refractivity contribution is -0.143. The largest absolute Gasteiger partial charge is 0.466 e. The molecule has 3 heteroatoms. The van der Waals surface area contributed by atoms with E-state index in [4.69, 9.17) is 4.74 Å². The van der Waals surface area contributed by atoms with Gasteiger partial charge in [0.15, 0.2) is 0 Å². The summed E-state index contributed by atoms with van der Waals surface area (Å²) >= 11 is 0. The number of carbonyl (C=O) groups excluding carboxylic acids is 2. The Bertz CT molecular complexity index is 425. The monoisotopic (exact) mass is 290 g/mol. The number of Topliss-reactive ketones (excluding diaryl/α,β-unsaturated/α-hetero) is 1. The van der Waals surface area contributed by atoms with Crippen molar-refractivity contribution < 1.29 is 14.3 Å². The van der Waals surface area contributed by atoms with Crippen LogP contribution in [0.5, 0.6) is 0 Å². The molecule has 1 aromatic rings. The van der Waals surface area contributed by atoms with Crippen LogP contribution >= 0.6 is 0 Å². The minimum absolute atomic E-state index is 0.0104. The maximum absolute atomic E-state index is 11.8. The molecule has 0 fully saturated rings. The first-order valence-corrected chi connectivity index (χ1v) is 7.86. The van der Waals surface area contributed by atoms with Crippen molar-refractivity contribution >= 4 is 11.8 Å². The topological polar surface area (TPSA) is 43.4 Å². The quantitative estimate of drug-likeness (QED) is 0.477. The van der Waals surface area contributed by atoms with E-state index in [-0.39, 0.29) is 17.7 Å². The molecule has 0 radical (unpaired) electrons. The third kappa shape index (κ3) is 7.07. The number of hydrogen-bond acceptors (Lipinski definition) is 3. The van der Waals surface area contributed by atoms with Crippen LogP contribution in [0.4, 0.5) is 0 Å². The van der Waals surface area contributed by atoms with Crippen molar-refractivity contribution in [2.75, 3.05) is 6.61 Å². The average molecular weight is 290 g/mol. The summed E-state index contributed by atoms with van der Waals surface area (Å²) in [7, 11) is 0. The highest BCUT2D eigenvalue weighted by Crippen LogP contribution is 2.23. The van der Waals surface area contributed by atoms with E-state index in [1.54, 1.807) is 6.92 Å². The molecular weight excluding hydrogens is 264 g/mol. The second-order valence-corrected chi connectivity index (χ2v) is 5.33. The molecule has 1 rings (SSSR count). The Hall–Kier alpha value is -1.64. The molecule has 0 saturated heterocycles. The third-order valence-corrected chi connectivity index (χ3v) is 3.62. The Balaban J connectivity index is 2.23. The minimum Gasteiger partial charge on any atom is -0.466 e. The molecule has 0 N–H and O–H groups in total. The predicted octanol–water partition coefficient (Wildman–Crippen LogP) is 4.26. The van der Waals surface area contributed by atoms with Gasteiger partial charge in [0.05, 0.1) is 6.61 Å². The number of hydrogen-bond donors (Lipinski definition) is 0. The molecule has 21 heavy (non-hydrogen) atoms. The van der Waals surface area contributed by atoms with Crippen molar-refractivity contribution in [1.82, 2.24) is 0 Å². The molecule has 0 bridgehead atoms. The zero-order valence-electron chi connectivity index (χ0n) is 13.1. The van der Waals surface area contributed by atoms with Crippen molar-refractivity contribution in [2.45, 2.75) is 58.3 Å². The Kier molecular flexibility index (Phi) is 8.41. The van der Waals surface area contributed by atoms with Gasteiger partial charge >= 0.3 is 5.97 Å². The third-order valence-electron chi connectivity index (χ3n) is 3.62. The fourth-order valence-corrected chi connectivity index (χ4v) is 2.49. The zero-order chi connectivity index (χ0) is 15.5. The van der Waals surface area contributed by atoms with Crippen LogP contribution in [0.15, 0.2) is 30.3 Å². The highest BCUT2D eigenvalue weighted by atomic mass is 16.5. The molecule has 1 aromatic carbocycles. The van der Waals surface area contributed by atoms with E-state index >= 15 is 0 Å². The summed E-state index contributed by atoms with van der Waals surface area (Å²) in [4.78, 5) is 23.0. The molecular formula is C18H26O3. The molecule has 0 aromatic heterocycles. The summed E-state index contributed by atoms with van der Waals surface area (Å²) < 4.78 is 4.89. The molecule has 3 nitrogen and oxygen atoms in total. The smallest absolute Gasteiger partial charge is 0.305 e. The van der Waals surface area contributed by atoms with Gasteiger partial charge in [-0.1, -0.05) is 49.6 Å². The summed E-state index contributed by atoms with van der Waals surface area (Å²) in [6.07, 6.45) is 5.34. The van der Waals surface area contributed by atoms with Gasteiger partial charge in [0.2, 0.25) is 0 Å². The van der Waals surface area contributed by atoms with Gasteiger partial charge in [-0.25, -0.2) is 0 Å². The first-order chi connectivity index (χ1) is 10.1. The van der Waals surface area contributed by atoms with Crippen molar-refractivity contribution in [3.8, 4) is 0 Å². The van der Waals surface area contributed by atoms with Gasteiger partial charge in [0, 0.05) is 12.3 Å². The number of carbonyl (C=O) groups is 2. The van der Waals surface area contributed by atoms with Crippen molar-refractivity contribution in [2.24, 2.45) is 0 Å². The van der Waals surface area contributed by atoms with Crippen LogP contribution in [0.3, 0.4) is 0 Å². The van der Waals surface area contributed by atoms with E-state index in [0.717, 1.165) is 37.7 Å². The average Bonchev–Trinajstić information content (AvgIpc) is 2.47. The zero-order valence-corrected chi connectivity index (χ0v) is 13.1. The summed E-state index contributed by atoms with van der Waals surface area (Å²) in [5.41, 5.74) is 1.11. The van der Waals surface area contributed by atoms with Crippen LogP contribution in [-0.2, 0) is 14.3 Å². The Morgan fingerprint density at radius 1 is 1.05 bits per heavy atom. The Morgan fingerprint density at radius 3 is 2.33 bits per heavy atom. The number of unbranched alkanes of at least 4 members (excludes halogenated alkanes) is 3. The van der Waals surface area contributed by atoms with E-state index in [2.05, 4.69) is 0 Å². The highest BCUT2D eigenvalue weighted by molar-refractivity contribution is 5.83. The first-order valence-electron chi connectivity index (χ1n) is 7.86. The maximum atomic E-state index is 11.8. The summed E-state index contributed by atoms with van der Waals surface area (Å²) in [6, 6.07) is 9.96. The van der Waals surface area contributed by atoms with Crippen molar-refractivity contribution in [3.05, 3.63) is 35.9 Å². The number of rotatable bonds is 10. The fraction of sp³-hybridized carbons (Fsp3) is 0.556. The van der Waals surface area contributed by atoms with E-state index in [9.17, 15) is 9.59 Å². The van der Waals surface area contributed by atoms with Crippen LogP contribution in [0.2, 0.25) is 0 Å². The van der Waals surface area contributed by atoms with E-state index in [0.29, 0.717) is 13.0 Å². The fourth-order valence-electron chi connectivity index (χ4n) is 2.49. The Morgan fingerprint density at radius 2 is 1.71 bits per heavy atom. The second kappa shape index (κ2) is 10.1. The number of benzene rings is 1. The second-order valence-electron chi connectivity index (χ2n) is 5.33. The van der Waals surface area contributed by atoms with Gasteiger partial charge in [0.1, 0.15) is 5.78 Å². The lowest BCUT2D eigenvalue weighted by Crippen LogP contribution is -2.08. The SMILES string of the molecule is CCOC(=O)CCCCCCC(C(C)=O)c1ccccc1. The number of ether oxygens (including phenoxy) is 1. The van der Waals surface area contributed by atoms with Gasteiger partial charge < -0.3 is 4.74 Å². The molecule has 0 aliphatic carbocycles. The van der Waals surface area contributed by atoms with Gasteiger partial charge in [-0.15, -0.1) is 0 Å². The van der Waals surface area contributed by atoms with Crippen molar-refractivity contribution in [3.63, 3.8) is 0 Å². The molecule has 0 heterocycles. The highest BCUT2D eigenvalue weighted by Gasteiger charge is 2.15. The van der Waals surface area contributed by atoms with Gasteiger partial charge in [0.25, 0.3) is 0 Å². The summed E-state index contributed by atoms with van der Waals surface area (Å²) in [5, 5.41) is 0.